The minimum atomic E-state index is -1.05. The molecule has 0 amide bonds. The monoisotopic (exact) mass is 240 g/mol. The third-order valence-corrected chi connectivity index (χ3v) is 2.65. The van der Waals surface area contributed by atoms with E-state index in [0.29, 0.717) is 5.88 Å². The Kier molecular flexibility index (Phi) is 4.00. The summed E-state index contributed by atoms with van der Waals surface area (Å²) in [6.07, 6.45) is 0. The first kappa shape index (κ1) is 11.9. The summed E-state index contributed by atoms with van der Waals surface area (Å²) in [6.45, 7) is 5.08. The molecule has 0 unspecified atom stereocenters. The molecule has 17 heavy (non-hydrogen) atoms. The predicted molar refractivity (Wildman–Crippen MR) is 61.4 cm³/mol. The van der Waals surface area contributed by atoms with Crippen molar-refractivity contribution < 1.29 is 19.1 Å². The molecule has 0 aliphatic carbocycles. The van der Waals surface area contributed by atoms with Crippen LogP contribution in [0, 0.1) is 0 Å². The number of furan rings is 1. The van der Waals surface area contributed by atoms with Gasteiger partial charge in [0, 0.05) is 32.2 Å². The van der Waals surface area contributed by atoms with Crippen LogP contribution in [0.1, 0.15) is 10.6 Å². The second kappa shape index (κ2) is 5.70. The Labute approximate surface area is 99.2 Å². The number of hydrogen-bond acceptors (Lipinski definition) is 5. The molecule has 0 bridgehead atoms. The third kappa shape index (κ3) is 3.47. The number of morpholine rings is 1. The molecular formula is C11H16N2O4. The number of carboxylic acid groups (broad SMARTS) is 1. The molecule has 2 N–H and O–H groups in total. The first-order valence-corrected chi connectivity index (χ1v) is 5.63. The number of aromatic carboxylic acids is 1. The van der Waals surface area contributed by atoms with Crippen LogP contribution in [0.15, 0.2) is 16.5 Å². The Balaban J connectivity index is 1.71. The maximum atomic E-state index is 10.6. The lowest BCUT2D eigenvalue weighted by atomic mass is 10.4. The molecule has 1 fully saturated rings. The molecular weight excluding hydrogens is 224 g/mol. The fourth-order valence-corrected chi connectivity index (χ4v) is 1.71. The van der Waals surface area contributed by atoms with Gasteiger partial charge in [0.1, 0.15) is 0 Å². The van der Waals surface area contributed by atoms with Gasteiger partial charge in [0.05, 0.1) is 13.2 Å². The zero-order valence-corrected chi connectivity index (χ0v) is 9.52. The first-order valence-electron chi connectivity index (χ1n) is 5.63. The number of nitrogens with one attached hydrogen (secondary N) is 1. The van der Waals surface area contributed by atoms with Crippen LogP contribution in [0.5, 0.6) is 0 Å². The highest BCUT2D eigenvalue weighted by Gasteiger charge is 2.11. The number of hydrogen-bond donors (Lipinski definition) is 2. The van der Waals surface area contributed by atoms with Crippen LogP contribution >= 0.6 is 0 Å². The summed E-state index contributed by atoms with van der Waals surface area (Å²) in [4.78, 5) is 12.9. The Morgan fingerprint density at radius 1 is 1.41 bits per heavy atom. The minimum Gasteiger partial charge on any atom is -0.475 e. The van der Waals surface area contributed by atoms with Gasteiger partial charge in [0.2, 0.25) is 5.76 Å². The van der Waals surface area contributed by atoms with Gasteiger partial charge in [-0.15, -0.1) is 0 Å². The van der Waals surface area contributed by atoms with Gasteiger partial charge in [-0.2, -0.15) is 0 Å². The van der Waals surface area contributed by atoms with Crippen LogP contribution in [-0.2, 0) is 4.74 Å². The van der Waals surface area contributed by atoms with E-state index in [2.05, 4.69) is 10.2 Å². The van der Waals surface area contributed by atoms with Gasteiger partial charge in [0.15, 0.2) is 5.88 Å². The van der Waals surface area contributed by atoms with E-state index in [1.165, 1.54) is 6.07 Å². The Morgan fingerprint density at radius 3 is 2.82 bits per heavy atom. The van der Waals surface area contributed by atoms with E-state index >= 15 is 0 Å². The van der Waals surface area contributed by atoms with E-state index in [-0.39, 0.29) is 5.76 Å². The molecule has 1 aromatic heterocycles. The molecule has 2 heterocycles. The van der Waals surface area contributed by atoms with E-state index in [0.717, 1.165) is 39.4 Å². The van der Waals surface area contributed by atoms with Crippen molar-refractivity contribution in [1.82, 2.24) is 4.90 Å². The molecule has 6 nitrogen and oxygen atoms in total. The van der Waals surface area contributed by atoms with Gasteiger partial charge in [-0.3, -0.25) is 4.90 Å². The second-order valence-electron chi connectivity index (χ2n) is 3.85. The van der Waals surface area contributed by atoms with Gasteiger partial charge >= 0.3 is 5.97 Å². The average molecular weight is 240 g/mol. The summed E-state index contributed by atoms with van der Waals surface area (Å²) in [5, 5.41) is 11.7. The zero-order valence-electron chi connectivity index (χ0n) is 9.52. The highest BCUT2D eigenvalue weighted by molar-refractivity contribution is 5.84. The smallest absolute Gasteiger partial charge is 0.371 e. The maximum Gasteiger partial charge on any atom is 0.371 e. The van der Waals surface area contributed by atoms with Crippen LogP contribution in [-0.4, -0.2) is 55.4 Å². The Hall–Kier alpha value is -1.53. The van der Waals surface area contributed by atoms with Crippen LogP contribution in [0.2, 0.25) is 0 Å². The number of carboxylic acids is 1. The van der Waals surface area contributed by atoms with Crippen molar-refractivity contribution >= 4 is 11.9 Å². The second-order valence-corrected chi connectivity index (χ2v) is 3.85. The molecule has 94 valence electrons. The van der Waals surface area contributed by atoms with Gasteiger partial charge in [-0.1, -0.05) is 0 Å². The van der Waals surface area contributed by atoms with E-state index in [1.807, 2.05) is 0 Å². The van der Waals surface area contributed by atoms with Crippen molar-refractivity contribution in [1.29, 1.82) is 0 Å². The standard InChI is InChI=1S/C11H16N2O4/c14-11(15)9-1-2-10(17-9)12-3-4-13-5-7-16-8-6-13/h1-2,12H,3-8H2,(H,14,15). The zero-order chi connectivity index (χ0) is 12.1. The van der Waals surface area contributed by atoms with E-state index < -0.39 is 5.97 Å². The molecule has 6 heteroatoms. The number of ether oxygens (including phenoxy) is 1. The Bertz CT molecular complexity index is 371. The molecule has 0 atom stereocenters. The van der Waals surface area contributed by atoms with Gasteiger partial charge in [0.25, 0.3) is 0 Å². The highest BCUT2D eigenvalue weighted by Crippen LogP contribution is 2.12. The summed E-state index contributed by atoms with van der Waals surface area (Å²) in [7, 11) is 0. The van der Waals surface area contributed by atoms with Crippen molar-refractivity contribution in [3.05, 3.63) is 17.9 Å². The molecule has 1 aliphatic rings. The summed E-state index contributed by atoms with van der Waals surface area (Å²) in [5.74, 6) is -0.597. The number of carbonyl (C=O) groups is 1. The lowest BCUT2D eigenvalue weighted by Gasteiger charge is -2.26. The molecule has 0 aromatic carbocycles. The summed E-state index contributed by atoms with van der Waals surface area (Å²) in [6, 6.07) is 3.07. The fourth-order valence-electron chi connectivity index (χ4n) is 1.71. The third-order valence-electron chi connectivity index (χ3n) is 2.65. The first-order chi connectivity index (χ1) is 8.25. The SMILES string of the molecule is O=C(O)c1ccc(NCCN2CCOCC2)o1. The number of anilines is 1. The van der Waals surface area contributed by atoms with E-state index in [4.69, 9.17) is 14.3 Å². The van der Waals surface area contributed by atoms with Crippen molar-refractivity contribution in [3.8, 4) is 0 Å². The lowest BCUT2D eigenvalue weighted by molar-refractivity contribution is 0.0398. The lowest BCUT2D eigenvalue weighted by Crippen LogP contribution is -2.38. The van der Waals surface area contributed by atoms with Crippen LogP contribution in [0.4, 0.5) is 5.88 Å². The van der Waals surface area contributed by atoms with Gasteiger partial charge < -0.3 is 19.6 Å². The largest absolute Gasteiger partial charge is 0.475 e. The van der Waals surface area contributed by atoms with Crippen LogP contribution in [0.25, 0.3) is 0 Å². The highest BCUT2D eigenvalue weighted by atomic mass is 16.5. The summed E-state index contributed by atoms with van der Waals surface area (Å²) < 4.78 is 10.3. The maximum absolute atomic E-state index is 10.6. The molecule has 1 aromatic rings. The molecule has 0 spiro atoms. The van der Waals surface area contributed by atoms with Crippen molar-refractivity contribution in [2.45, 2.75) is 0 Å². The van der Waals surface area contributed by atoms with Crippen molar-refractivity contribution in [3.63, 3.8) is 0 Å². The molecule has 0 saturated carbocycles. The molecule has 1 saturated heterocycles. The van der Waals surface area contributed by atoms with Crippen LogP contribution in [0.3, 0.4) is 0 Å². The number of rotatable bonds is 5. The summed E-state index contributed by atoms with van der Waals surface area (Å²) in [5.41, 5.74) is 0. The molecule has 0 radical (unpaired) electrons. The Morgan fingerprint density at radius 2 is 2.18 bits per heavy atom. The van der Waals surface area contributed by atoms with E-state index in [9.17, 15) is 4.79 Å². The fraction of sp³-hybridized carbons (Fsp3) is 0.545. The van der Waals surface area contributed by atoms with Crippen molar-refractivity contribution in [2.75, 3.05) is 44.7 Å². The van der Waals surface area contributed by atoms with E-state index in [1.54, 1.807) is 6.07 Å². The van der Waals surface area contributed by atoms with Crippen LogP contribution < -0.4 is 5.32 Å². The van der Waals surface area contributed by atoms with Gasteiger partial charge in [-0.05, 0) is 6.07 Å². The summed E-state index contributed by atoms with van der Waals surface area (Å²) >= 11 is 0. The van der Waals surface area contributed by atoms with Crippen molar-refractivity contribution in [2.24, 2.45) is 0 Å². The minimum absolute atomic E-state index is 0.0427. The normalized spacial score (nSPS) is 16.9. The molecule has 2 rings (SSSR count). The average Bonchev–Trinajstić information content (AvgIpc) is 2.79. The van der Waals surface area contributed by atoms with Gasteiger partial charge in [-0.25, -0.2) is 4.79 Å². The topological polar surface area (TPSA) is 74.9 Å². The predicted octanol–water partition coefficient (Wildman–Crippen LogP) is 0.722. The quantitative estimate of drug-likeness (QED) is 0.790. The molecule has 1 aliphatic heterocycles. The number of nitrogens with zero attached hydrogens (tertiary/aromatic N) is 1.